The van der Waals surface area contributed by atoms with Gasteiger partial charge in [-0.25, -0.2) is 0 Å². The van der Waals surface area contributed by atoms with E-state index in [9.17, 15) is 14.9 Å². The summed E-state index contributed by atoms with van der Waals surface area (Å²) in [4.78, 5) is 23.9. The number of nitro benzene ring substituents is 1. The van der Waals surface area contributed by atoms with Crippen molar-refractivity contribution in [3.63, 3.8) is 0 Å². The van der Waals surface area contributed by atoms with Crippen LogP contribution in [0.25, 0.3) is 6.08 Å². The summed E-state index contributed by atoms with van der Waals surface area (Å²) < 4.78 is 0. The second-order valence-corrected chi connectivity index (χ2v) is 4.18. The number of nitro groups is 1. The molecule has 94 valence electrons. The Hall–Kier alpha value is -2.17. The third-order valence-corrected chi connectivity index (χ3v) is 2.96. The molecule has 0 atom stereocenters. The Labute approximate surface area is 105 Å². The van der Waals surface area contributed by atoms with Crippen LogP contribution in [-0.4, -0.2) is 28.8 Å². The molecule has 1 saturated heterocycles. The highest BCUT2D eigenvalue weighted by molar-refractivity contribution is 5.92. The first-order valence-electron chi connectivity index (χ1n) is 5.89. The summed E-state index contributed by atoms with van der Waals surface area (Å²) in [5.74, 6) is -0.0781. The maximum Gasteiger partial charge on any atom is 0.276 e. The fourth-order valence-corrected chi connectivity index (χ4v) is 2.00. The van der Waals surface area contributed by atoms with Gasteiger partial charge in [0, 0.05) is 25.2 Å². The molecule has 1 aromatic rings. The molecule has 1 aromatic carbocycles. The monoisotopic (exact) mass is 246 g/mol. The van der Waals surface area contributed by atoms with Crippen LogP contribution in [0.2, 0.25) is 0 Å². The lowest BCUT2D eigenvalue weighted by Crippen LogP contribution is -2.25. The van der Waals surface area contributed by atoms with E-state index in [1.54, 1.807) is 23.1 Å². The second-order valence-electron chi connectivity index (χ2n) is 4.18. The molecule has 0 aromatic heterocycles. The van der Waals surface area contributed by atoms with Gasteiger partial charge in [-0.1, -0.05) is 12.1 Å². The van der Waals surface area contributed by atoms with E-state index in [-0.39, 0.29) is 11.6 Å². The molecule has 0 aliphatic carbocycles. The maximum atomic E-state index is 11.8. The average Bonchev–Trinajstić information content (AvgIpc) is 2.90. The SMILES string of the molecule is O=C(C=Cc1ccccc1[N+](=O)[O-])N1CCCC1. The summed E-state index contributed by atoms with van der Waals surface area (Å²) in [6, 6.07) is 6.39. The van der Waals surface area contributed by atoms with Crippen molar-refractivity contribution in [1.82, 2.24) is 4.90 Å². The number of rotatable bonds is 3. The van der Waals surface area contributed by atoms with E-state index >= 15 is 0 Å². The molecule has 0 unspecified atom stereocenters. The normalized spacial score (nSPS) is 15.2. The largest absolute Gasteiger partial charge is 0.339 e. The number of nitrogens with zero attached hydrogens (tertiary/aromatic N) is 2. The number of benzene rings is 1. The van der Waals surface area contributed by atoms with Gasteiger partial charge in [-0.15, -0.1) is 0 Å². The van der Waals surface area contributed by atoms with Crippen molar-refractivity contribution < 1.29 is 9.72 Å². The minimum absolute atomic E-state index is 0.0166. The van der Waals surface area contributed by atoms with Crippen LogP contribution >= 0.6 is 0 Å². The molecule has 1 aliphatic heterocycles. The van der Waals surface area contributed by atoms with Crippen LogP contribution < -0.4 is 0 Å². The van der Waals surface area contributed by atoms with Crippen LogP contribution in [0.1, 0.15) is 18.4 Å². The zero-order valence-corrected chi connectivity index (χ0v) is 9.91. The smallest absolute Gasteiger partial charge is 0.276 e. The lowest BCUT2D eigenvalue weighted by Gasteiger charge is -2.11. The molecule has 2 rings (SSSR count). The minimum Gasteiger partial charge on any atom is -0.339 e. The van der Waals surface area contributed by atoms with E-state index < -0.39 is 4.92 Å². The summed E-state index contributed by atoms with van der Waals surface area (Å²) in [6.07, 6.45) is 4.99. The maximum absolute atomic E-state index is 11.8. The Morgan fingerprint density at radius 2 is 1.94 bits per heavy atom. The van der Waals surface area contributed by atoms with Crippen molar-refractivity contribution in [3.8, 4) is 0 Å². The van der Waals surface area contributed by atoms with E-state index in [1.165, 1.54) is 18.2 Å². The first kappa shape index (κ1) is 12.3. The number of hydrogen-bond donors (Lipinski definition) is 0. The zero-order chi connectivity index (χ0) is 13.0. The van der Waals surface area contributed by atoms with Gasteiger partial charge in [-0.05, 0) is 25.0 Å². The molecule has 0 bridgehead atoms. The Kier molecular flexibility index (Phi) is 3.72. The molecule has 0 spiro atoms. The van der Waals surface area contributed by atoms with Gasteiger partial charge >= 0.3 is 0 Å². The molecule has 0 N–H and O–H groups in total. The van der Waals surface area contributed by atoms with Crippen molar-refractivity contribution in [3.05, 3.63) is 46.0 Å². The first-order valence-corrected chi connectivity index (χ1v) is 5.89. The molecule has 18 heavy (non-hydrogen) atoms. The third-order valence-electron chi connectivity index (χ3n) is 2.96. The minimum atomic E-state index is -0.444. The van der Waals surface area contributed by atoms with Gasteiger partial charge in [0.05, 0.1) is 10.5 Å². The van der Waals surface area contributed by atoms with Gasteiger partial charge in [0.2, 0.25) is 5.91 Å². The summed E-state index contributed by atoms with van der Waals surface area (Å²) >= 11 is 0. The van der Waals surface area contributed by atoms with Gasteiger partial charge in [0.25, 0.3) is 5.69 Å². The summed E-state index contributed by atoms with van der Waals surface area (Å²) in [5.41, 5.74) is 0.470. The lowest BCUT2D eigenvalue weighted by molar-refractivity contribution is -0.385. The highest BCUT2D eigenvalue weighted by Crippen LogP contribution is 2.19. The van der Waals surface area contributed by atoms with Crippen LogP contribution in [0.3, 0.4) is 0 Å². The average molecular weight is 246 g/mol. The fraction of sp³-hybridized carbons (Fsp3) is 0.308. The quantitative estimate of drug-likeness (QED) is 0.466. The zero-order valence-electron chi connectivity index (χ0n) is 9.91. The molecule has 1 fully saturated rings. The molecule has 5 heteroatoms. The van der Waals surface area contributed by atoms with Crippen molar-refractivity contribution >= 4 is 17.7 Å². The first-order chi connectivity index (χ1) is 8.68. The van der Waals surface area contributed by atoms with Crippen molar-refractivity contribution in [2.24, 2.45) is 0 Å². The molecular formula is C13H14N2O3. The van der Waals surface area contributed by atoms with E-state index in [1.807, 2.05) is 0 Å². The van der Waals surface area contributed by atoms with Crippen LogP contribution in [0.4, 0.5) is 5.69 Å². The molecule has 1 aliphatic rings. The summed E-state index contributed by atoms with van der Waals surface area (Å²) in [5, 5.41) is 10.8. The predicted octanol–water partition coefficient (Wildman–Crippen LogP) is 2.23. The van der Waals surface area contributed by atoms with Crippen LogP contribution in [0, 0.1) is 10.1 Å². The van der Waals surface area contributed by atoms with Crippen LogP contribution in [-0.2, 0) is 4.79 Å². The van der Waals surface area contributed by atoms with Gasteiger partial charge in [-0.2, -0.15) is 0 Å². The number of likely N-dealkylation sites (tertiary alicyclic amines) is 1. The Morgan fingerprint density at radius 1 is 1.28 bits per heavy atom. The number of carbonyl (C=O) groups excluding carboxylic acids is 1. The number of amides is 1. The molecule has 1 amide bonds. The molecule has 5 nitrogen and oxygen atoms in total. The van der Waals surface area contributed by atoms with Gasteiger partial charge < -0.3 is 4.90 Å². The number of hydrogen-bond acceptors (Lipinski definition) is 3. The Bertz CT molecular complexity index is 491. The highest BCUT2D eigenvalue weighted by atomic mass is 16.6. The fourth-order valence-electron chi connectivity index (χ4n) is 2.00. The van der Waals surface area contributed by atoms with E-state index in [0.717, 1.165) is 25.9 Å². The number of carbonyl (C=O) groups is 1. The lowest BCUT2D eigenvalue weighted by atomic mass is 10.1. The van der Waals surface area contributed by atoms with Gasteiger partial charge in [0.1, 0.15) is 0 Å². The molecular weight excluding hydrogens is 232 g/mol. The summed E-state index contributed by atoms with van der Waals surface area (Å²) in [7, 11) is 0. The van der Waals surface area contributed by atoms with Crippen molar-refractivity contribution in [2.75, 3.05) is 13.1 Å². The molecule has 0 saturated carbocycles. The number of para-hydroxylation sites is 1. The highest BCUT2D eigenvalue weighted by Gasteiger charge is 2.16. The van der Waals surface area contributed by atoms with E-state index in [0.29, 0.717) is 5.56 Å². The van der Waals surface area contributed by atoms with E-state index in [4.69, 9.17) is 0 Å². The predicted molar refractivity (Wildman–Crippen MR) is 67.9 cm³/mol. The summed E-state index contributed by atoms with van der Waals surface area (Å²) in [6.45, 7) is 1.56. The van der Waals surface area contributed by atoms with Crippen molar-refractivity contribution in [1.29, 1.82) is 0 Å². The van der Waals surface area contributed by atoms with Gasteiger partial charge in [-0.3, -0.25) is 14.9 Å². The van der Waals surface area contributed by atoms with Crippen LogP contribution in [0.5, 0.6) is 0 Å². The standard InChI is InChI=1S/C13H14N2O3/c16-13(14-9-3-4-10-14)8-7-11-5-1-2-6-12(11)15(17)18/h1-2,5-8H,3-4,9-10H2. The molecule has 1 heterocycles. The van der Waals surface area contributed by atoms with Crippen molar-refractivity contribution in [2.45, 2.75) is 12.8 Å². The Morgan fingerprint density at radius 3 is 2.61 bits per heavy atom. The van der Waals surface area contributed by atoms with Crippen LogP contribution in [0.15, 0.2) is 30.3 Å². The van der Waals surface area contributed by atoms with E-state index in [2.05, 4.69) is 0 Å². The Balaban J connectivity index is 2.13. The molecule has 0 radical (unpaired) electrons. The second kappa shape index (κ2) is 5.44. The van der Waals surface area contributed by atoms with Gasteiger partial charge in [0.15, 0.2) is 0 Å². The topological polar surface area (TPSA) is 63.4 Å². The third kappa shape index (κ3) is 2.74.